The number of rotatable bonds is 5. The Morgan fingerprint density at radius 3 is 2.67 bits per heavy atom. The molecule has 0 spiro atoms. The highest BCUT2D eigenvalue weighted by Crippen LogP contribution is 2.28. The van der Waals surface area contributed by atoms with Crippen LogP contribution in [-0.2, 0) is 6.54 Å². The molecule has 2 aromatic heterocycles. The van der Waals surface area contributed by atoms with Crippen LogP contribution in [0, 0.1) is 0 Å². The molecule has 0 aliphatic carbocycles. The number of nitrogens with one attached hydrogen (secondary N) is 1. The summed E-state index contributed by atoms with van der Waals surface area (Å²) in [6.45, 7) is 3.05. The SMILES string of the molecule is C[C@H](NCc1ccc(-c2ccccc2)s1)c1cccnc1. The molecule has 0 fully saturated rings. The average molecular weight is 294 g/mol. The van der Waals surface area contributed by atoms with Crippen molar-refractivity contribution >= 4 is 11.3 Å². The molecule has 106 valence electrons. The number of hydrogen-bond donors (Lipinski definition) is 1. The maximum absolute atomic E-state index is 4.17. The first-order valence-electron chi connectivity index (χ1n) is 7.10. The Morgan fingerprint density at radius 2 is 1.90 bits per heavy atom. The van der Waals surface area contributed by atoms with Gasteiger partial charge in [-0.1, -0.05) is 36.4 Å². The molecule has 0 saturated heterocycles. The van der Waals surface area contributed by atoms with E-state index in [2.05, 4.69) is 65.8 Å². The third-order valence-electron chi connectivity index (χ3n) is 3.49. The highest BCUT2D eigenvalue weighted by atomic mass is 32.1. The van der Waals surface area contributed by atoms with E-state index in [0.29, 0.717) is 6.04 Å². The van der Waals surface area contributed by atoms with Crippen molar-refractivity contribution in [3.63, 3.8) is 0 Å². The molecule has 1 atom stereocenters. The Bertz CT molecular complexity index is 677. The van der Waals surface area contributed by atoms with Crippen LogP contribution in [0.25, 0.3) is 10.4 Å². The zero-order chi connectivity index (χ0) is 14.5. The molecule has 0 aliphatic heterocycles. The molecule has 0 radical (unpaired) electrons. The molecule has 2 heterocycles. The molecule has 1 N–H and O–H groups in total. The number of benzene rings is 1. The second kappa shape index (κ2) is 6.66. The van der Waals surface area contributed by atoms with Gasteiger partial charge in [0.25, 0.3) is 0 Å². The lowest BCUT2D eigenvalue weighted by Crippen LogP contribution is -2.17. The van der Waals surface area contributed by atoms with Crippen LogP contribution >= 0.6 is 11.3 Å². The van der Waals surface area contributed by atoms with Gasteiger partial charge in [0.05, 0.1) is 0 Å². The minimum absolute atomic E-state index is 0.306. The molecule has 2 nitrogen and oxygen atoms in total. The van der Waals surface area contributed by atoms with Gasteiger partial charge in [0.1, 0.15) is 0 Å². The topological polar surface area (TPSA) is 24.9 Å². The second-order valence-corrected chi connectivity index (χ2v) is 6.19. The predicted octanol–water partition coefficient (Wildman–Crippen LogP) is 4.66. The molecular formula is C18H18N2S. The van der Waals surface area contributed by atoms with Crippen molar-refractivity contribution in [2.24, 2.45) is 0 Å². The largest absolute Gasteiger partial charge is 0.305 e. The fourth-order valence-corrected chi connectivity index (χ4v) is 3.20. The summed E-state index contributed by atoms with van der Waals surface area (Å²) < 4.78 is 0. The fraction of sp³-hybridized carbons (Fsp3) is 0.167. The van der Waals surface area contributed by atoms with Gasteiger partial charge in [-0.2, -0.15) is 0 Å². The van der Waals surface area contributed by atoms with Crippen molar-refractivity contribution in [2.45, 2.75) is 19.5 Å². The monoisotopic (exact) mass is 294 g/mol. The normalized spacial score (nSPS) is 12.2. The molecule has 0 bridgehead atoms. The minimum atomic E-state index is 0.306. The number of thiophene rings is 1. The Balaban J connectivity index is 1.63. The van der Waals surface area contributed by atoms with Crippen LogP contribution < -0.4 is 5.32 Å². The van der Waals surface area contributed by atoms with E-state index in [4.69, 9.17) is 0 Å². The summed E-state index contributed by atoms with van der Waals surface area (Å²) in [5.74, 6) is 0. The van der Waals surface area contributed by atoms with E-state index in [0.717, 1.165) is 6.54 Å². The smallest absolute Gasteiger partial charge is 0.0346 e. The van der Waals surface area contributed by atoms with Crippen LogP contribution in [-0.4, -0.2) is 4.98 Å². The Kier molecular flexibility index (Phi) is 4.43. The van der Waals surface area contributed by atoms with Gasteiger partial charge in [0.2, 0.25) is 0 Å². The number of pyridine rings is 1. The maximum atomic E-state index is 4.17. The summed E-state index contributed by atoms with van der Waals surface area (Å²) in [6.07, 6.45) is 3.73. The van der Waals surface area contributed by atoms with Crippen LogP contribution in [0.5, 0.6) is 0 Å². The van der Waals surface area contributed by atoms with Gasteiger partial charge in [0.15, 0.2) is 0 Å². The summed E-state index contributed by atoms with van der Waals surface area (Å²) >= 11 is 1.85. The van der Waals surface area contributed by atoms with Gasteiger partial charge in [-0.15, -0.1) is 11.3 Å². The second-order valence-electron chi connectivity index (χ2n) is 5.02. The van der Waals surface area contributed by atoms with Crippen molar-refractivity contribution in [3.05, 3.63) is 77.4 Å². The molecule has 1 aromatic carbocycles. The lowest BCUT2D eigenvalue weighted by atomic mass is 10.1. The van der Waals surface area contributed by atoms with Crippen molar-refractivity contribution < 1.29 is 0 Å². The molecule has 0 amide bonds. The first-order chi connectivity index (χ1) is 10.3. The van der Waals surface area contributed by atoms with Crippen molar-refractivity contribution in [1.82, 2.24) is 10.3 Å². The Labute approximate surface area is 129 Å². The van der Waals surface area contributed by atoms with Gasteiger partial charge in [-0.3, -0.25) is 4.98 Å². The standard InChI is InChI=1S/C18H18N2S/c1-14(16-8-5-11-19-12-16)20-13-17-9-10-18(21-17)15-6-3-2-4-7-15/h2-12,14,20H,13H2,1H3/t14-/m0/s1. The molecule has 0 unspecified atom stereocenters. The van der Waals surface area contributed by atoms with E-state index in [9.17, 15) is 0 Å². The average Bonchev–Trinajstić information content (AvgIpc) is 3.03. The summed E-state index contributed by atoms with van der Waals surface area (Å²) in [7, 11) is 0. The van der Waals surface area contributed by atoms with Crippen molar-refractivity contribution in [3.8, 4) is 10.4 Å². The van der Waals surface area contributed by atoms with Crippen molar-refractivity contribution in [1.29, 1.82) is 0 Å². The summed E-state index contributed by atoms with van der Waals surface area (Å²) in [5, 5.41) is 3.55. The van der Waals surface area contributed by atoms with E-state index in [1.165, 1.54) is 20.9 Å². The van der Waals surface area contributed by atoms with Crippen LogP contribution in [0.2, 0.25) is 0 Å². The summed E-state index contributed by atoms with van der Waals surface area (Å²) in [6, 6.07) is 19.3. The van der Waals surface area contributed by atoms with Gasteiger partial charge < -0.3 is 5.32 Å². The Morgan fingerprint density at radius 1 is 1.05 bits per heavy atom. The number of nitrogens with zero attached hydrogens (tertiary/aromatic N) is 1. The van der Waals surface area contributed by atoms with Gasteiger partial charge >= 0.3 is 0 Å². The number of hydrogen-bond acceptors (Lipinski definition) is 3. The minimum Gasteiger partial charge on any atom is -0.305 e. The molecule has 3 aromatic rings. The first-order valence-corrected chi connectivity index (χ1v) is 7.92. The molecule has 3 rings (SSSR count). The fourth-order valence-electron chi connectivity index (χ4n) is 2.23. The zero-order valence-electron chi connectivity index (χ0n) is 12.0. The lowest BCUT2D eigenvalue weighted by Gasteiger charge is -2.12. The van der Waals surface area contributed by atoms with E-state index < -0.39 is 0 Å². The van der Waals surface area contributed by atoms with Crippen molar-refractivity contribution in [2.75, 3.05) is 0 Å². The Hall–Kier alpha value is -1.97. The third kappa shape index (κ3) is 3.57. The number of aromatic nitrogens is 1. The van der Waals surface area contributed by atoms with Gasteiger partial charge in [0, 0.05) is 34.7 Å². The first kappa shape index (κ1) is 14.0. The third-order valence-corrected chi connectivity index (χ3v) is 4.62. The molecule has 21 heavy (non-hydrogen) atoms. The molecule has 0 aliphatic rings. The highest BCUT2D eigenvalue weighted by molar-refractivity contribution is 7.15. The van der Waals surface area contributed by atoms with Gasteiger partial charge in [-0.25, -0.2) is 0 Å². The van der Waals surface area contributed by atoms with Crippen LogP contribution in [0.3, 0.4) is 0 Å². The van der Waals surface area contributed by atoms with Crippen LogP contribution in [0.1, 0.15) is 23.4 Å². The zero-order valence-corrected chi connectivity index (χ0v) is 12.8. The molecule has 0 saturated carbocycles. The lowest BCUT2D eigenvalue weighted by molar-refractivity contribution is 0.577. The van der Waals surface area contributed by atoms with E-state index in [1.54, 1.807) is 0 Å². The predicted molar refractivity (Wildman–Crippen MR) is 89.2 cm³/mol. The van der Waals surface area contributed by atoms with Gasteiger partial charge in [-0.05, 0) is 36.2 Å². The summed E-state index contributed by atoms with van der Waals surface area (Å²) in [4.78, 5) is 6.84. The maximum Gasteiger partial charge on any atom is 0.0346 e. The van der Waals surface area contributed by atoms with Crippen LogP contribution in [0.15, 0.2) is 67.0 Å². The highest BCUT2D eigenvalue weighted by Gasteiger charge is 2.06. The molecule has 3 heteroatoms. The summed E-state index contributed by atoms with van der Waals surface area (Å²) in [5.41, 5.74) is 2.51. The van der Waals surface area contributed by atoms with Crippen LogP contribution in [0.4, 0.5) is 0 Å². The van der Waals surface area contributed by atoms with E-state index in [-0.39, 0.29) is 0 Å². The quantitative estimate of drug-likeness (QED) is 0.740. The molecular weight excluding hydrogens is 276 g/mol. The van der Waals surface area contributed by atoms with E-state index in [1.807, 2.05) is 29.8 Å². The van der Waals surface area contributed by atoms with E-state index >= 15 is 0 Å².